The molecule has 3 nitrogen and oxygen atoms in total. The summed E-state index contributed by atoms with van der Waals surface area (Å²) in [5, 5.41) is 3.08. The molecule has 0 atom stereocenters. The van der Waals surface area contributed by atoms with Crippen LogP contribution >= 0.6 is 0 Å². The Morgan fingerprint density at radius 2 is 2.06 bits per heavy atom. The number of benzene rings is 1. The molecule has 2 rings (SSSR count). The highest BCUT2D eigenvalue weighted by Crippen LogP contribution is 2.31. The lowest BCUT2D eigenvalue weighted by Gasteiger charge is -2.23. The highest BCUT2D eigenvalue weighted by molar-refractivity contribution is 5.93. The zero-order chi connectivity index (χ0) is 12.8. The number of anilines is 1. The Hall–Kier alpha value is -1.35. The molecule has 1 aromatic rings. The number of nitrogens with one attached hydrogen (secondary N) is 1. The average Bonchev–Trinajstić information content (AvgIpc) is 3.21. The van der Waals surface area contributed by atoms with E-state index in [1.165, 1.54) is 12.8 Å². The summed E-state index contributed by atoms with van der Waals surface area (Å²) in [4.78, 5) is 14.2. The van der Waals surface area contributed by atoms with Crippen LogP contribution in [0.3, 0.4) is 0 Å². The summed E-state index contributed by atoms with van der Waals surface area (Å²) in [5.41, 5.74) is 1.04. The Balaban J connectivity index is 1.97. The van der Waals surface area contributed by atoms with Crippen LogP contribution in [-0.4, -0.2) is 26.0 Å². The quantitative estimate of drug-likeness (QED) is 0.749. The topological polar surface area (TPSA) is 32.3 Å². The van der Waals surface area contributed by atoms with Crippen molar-refractivity contribution in [3.63, 3.8) is 0 Å². The van der Waals surface area contributed by atoms with Gasteiger partial charge >= 0.3 is 0 Å². The van der Waals surface area contributed by atoms with Gasteiger partial charge in [-0.3, -0.25) is 4.79 Å². The van der Waals surface area contributed by atoms with E-state index >= 15 is 0 Å². The molecular formula is C15H22N2O. The Bertz CT molecular complexity index is 373. The predicted molar refractivity (Wildman–Crippen MR) is 74.7 cm³/mol. The van der Waals surface area contributed by atoms with Crippen molar-refractivity contribution in [1.82, 2.24) is 5.32 Å². The first kappa shape index (κ1) is 13.1. The smallest absolute Gasteiger partial charge is 0.227 e. The standard InChI is InChI=1S/C15H22N2O/c1-16-11-5-8-15(18)17(12-13-9-10-13)14-6-3-2-4-7-14/h2-4,6-7,13,16H,5,8-12H2,1H3. The molecule has 0 heterocycles. The van der Waals surface area contributed by atoms with E-state index < -0.39 is 0 Å². The summed E-state index contributed by atoms with van der Waals surface area (Å²) in [6.07, 6.45) is 4.08. The second-order valence-corrected chi connectivity index (χ2v) is 4.99. The maximum absolute atomic E-state index is 12.3. The van der Waals surface area contributed by atoms with Gasteiger partial charge in [-0.25, -0.2) is 0 Å². The Kier molecular flexibility index (Phi) is 4.76. The fraction of sp³-hybridized carbons (Fsp3) is 0.533. The first-order valence-corrected chi connectivity index (χ1v) is 6.81. The molecule has 0 unspecified atom stereocenters. The van der Waals surface area contributed by atoms with E-state index in [9.17, 15) is 4.79 Å². The van der Waals surface area contributed by atoms with Crippen LogP contribution in [0.2, 0.25) is 0 Å². The van der Waals surface area contributed by atoms with E-state index in [2.05, 4.69) is 5.32 Å². The van der Waals surface area contributed by atoms with Crippen molar-refractivity contribution in [2.75, 3.05) is 25.0 Å². The number of hydrogen-bond acceptors (Lipinski definition) is 2. The van der Waals surface area contributed by atoms with Crippen molar-refractivity contribution in [2.24, 2.45) is 5.92 Å². The molecule has 0 saturated heterocycles. The summed E-state index contributed by atoms with van der Waals surface area (Å²) in [6.45, 7) is 1.79. The molecule has 3 heteroatoms. The molecule has 0 bridgehead atoms. The van der Waals surface area contributed by atoms with Crippen LogP contribution in [0.4, 0.5) is 5.69 Å². The van der Waals surface area contributed by atoms with E-state index in [4.69, 9.17) is 0 Å². The van der Waals surface area contributed by atoms with Crippen LogP contribution in [-0.2, 0) is 4.79 Å². The summed E-state index contributed by atoms with van der Waals surface area (Å²) in [5.74, 6) is 0.974. The van der Waals surface area contributed by atoms with Gasteiger partial charge in [0.25, 0.3) is 0 Å². The fourth-order valence-corrected chi connectivity index (χ4v) is 2.07. The molecular weight excluding hydrogens is 224 g/mol. The van der Waals surface area contributed by atoms with Crippen molar-refractivity contribution in [3.05, 3.63) is 30.3 Å². The van der Waals surface area contributed by atoms with Gasteiger partial charge in [-0.05, 0) is 50.9 Å². The second kappa shape index (κ2) is 6.55. The highest BCUT2D eigenvalue weighted by Gasteiger charge is 2.27. The third-order valence-electron chi connectivity index (χ3n) is 3.32. The maximum Gasteiger partial charge on any atom is 0.227 e. The number of amides is 1. The molecule has 1 aliphatic rings. The minimum absolute atomic E-state index is 0.253. The summed E-state index contributed by atoms with van der Waals surface area (Å²) in [7, 11) is 1.92. The zero-order valence-electron chi connectivity index (χ0n) is 11.1. The monoisotopic (exact) mass is 246 g/mol. The molecule has 1 fully saturated rings. The van der Waals surface area contributed by atoms with Crippen LogP contribution in [0.5, 0.6) is 0 Å². The lowest BCUT2D eigenvalue weighted by atomic mass is 10.2. The largest absolute Gasteiger partial charge is 0.320 e. The lowest BCUT2D eigenvalue weighted by Crippen LogP contribution is -2.33. The number of rotatable bonds is 7. The van der Waals surface area contributed by atoms with Gasteiger partial charge in [0.2, 0.25) is 5.91 Å². The Morgan fingerprint density at radius 1 is 1.33 bits per heavy atom. The van der Waals surface area contributed by atoms with Gasteiger partial charge < -0.3 is 10.2 Å². The molecule has 0 aromatic heterocycles. The number of para-hydroxylation sites is 1. The molecule has 1 saturated carbocycles. The van der Waals surface area contributed by atoms with Gasteiger partial charge in [0, 0.05) is 18.7 Å². The van der Waals surface area contributed by atoms with Gasteiger partial charge in [0.1, 0.15) is 0 Å². The van der Waals surface area contributed by atoms with Gasteiger partial charge in [0.05, 0.1) is 0 Å². The number of hydrogen-bond donors (Lipinski definition) is 1. The first-order valence-electron chi connectivity index (χ1n) is 6.81. The first-order chi connectivity index (χ1) is 8.81. The second-order valence-electron chi connectivity index (χ2n) is 4.99. The van der Waals surface area contributed by atoms with Crippen molar-refractivity contribution in [1.29, 1.82) is 0 Å². The minimum atomic E-state index is 0.253. The Morgan fingerprint density at radius 3 is 2.67 bits per heavy atom. The third-order valence-corrected chi connectivity index (χ3v) is 3.32. The number of nitrogens with zero attached hydrogens (tertiary/aromatic N) is 1. The fourth-order valence-electron chi connectivity index (χ4n) is 2.07. The Labute approximate surface area is 109 Å². The van der Waals surface area contributed by atoms with Gasteiger partial charge in [0.15, 0.2) is 0 Å². The zero-order valence-corrected chi connectivity index (χ0v) is 11.1. The number of carbonyl (C=O) groups excluding carboxylic acids is 1. The summed E-state index contributed by atoms with van der Waals surface area (Å²) >= 11 is 0. The van der Waals surface area contributed by atoms with Crippen molar-refractivity contribution in [2.45, 2.75) is 25.7 Å². The van der Waals surface area contributed by atoms with E-state index in [1.54, 1.807) is 0 Å². The molecule has 1 amide bonds. The molecule has 1 aliphatic carbocycles. The normalized spacial score (nSPS) is 14.5. The highest BCUT2D eigenvalue weighted by atomic mass is 16.2. The molecule has 0 spiro atoms. The van der Waals surface area contributed by atoms with Gasteiger partial charge in [-0.15, -0.1) is 0 Å². The average molecular weight is 246 g/mol. The molecule has 1 N–H and O–H groups in total. The van der Waals surface area contributed by atoms with E-state index in [-0.39, 0.29) is 5.91 Å². The minimum Gasteiger partial charge on any atom is -0.320 e. The molecule has 98 valence electrons. The lowest BCUT2D eigenvalue weighted by molar-refractivity contribution is -0.118. The van der Waals surface area contributed by atoms with Crippen molar-refractivity contribution in [3.8, 4) is 0 Å². The van der Waals surface area contributed by atoms with E-state index in [0.717, 1.165) is 31.1 Å². The van der Waals surface area contributed by atoms with Crippen LogP contribution in [0.1, 0.15) is 25.7 Å². The molecule has 1 aromatic carbocycles. The molecule has 0 aliphatic heterocycles. The summed E-state index contributed by atoms with van der Waals surface area (Å²) in [6, 6.07) is 10.0. The molecule has 0 radical (unpaired) electrons. The summed E-state index contributed by atoms with van der Waals surface area (Å²) < 4.78 is 0. The number of carbonyl (C=O) groups is 1. The van der Waals surface area contributed by atoms with E-state index in [0.29, 0.717) is 6.42 Å². The maximum atomic E-state index is 12.3. The van der Waals surface area contributed by atoms with Crippen LogP contribution in [0, 0.1) is 5.92 Å². The molecule has 18 heavy (non-hydrogen) atoms. The van der Waals surface area contributed by atoms with Crippen molar-refractivity contribution >= 4 is 11.6 Å². The van der Waals surface area contributed by atoms with Crippen LogP contribution < -0.4 is 10.2 Å². The van der Waals surface area contributed by atoms with Crippen LogP contribution in [0.25, 0.3) is 0 Å². The third kappa shape index (κ3) is 3.84. The van der Waals surface area contributed by atoms with Crippen LogP contribution in [0.15, 0.2) is 30.3 Å². The van der Waals surface area contributed by atoms with Gasteiger partial charge in [-0.1, -0.05) is 18.2 Å². The van der Waals surface area contributed by atoms with Crippen molar-refractivity contribution < 1.29 is 4.79 Å². The van der Waals surface area contributed by atoms with E-state index in [1.807, 2.05) is 42.3 Å². The SMILES string of the molecule is CNCCCC(=O)N(CC1CC1)c1ccccc1. The predicted octanol–water partition coefficient (Wildman–Crippen LogP) is 2.43. The van der Waals surface area contributed by atoms with Gasteiger partial charge in [-0.2, -0.15) is 0 Å².